The number of hydrogen-bond donors (Lipinski definition) is 5. The number of carboxylic acid groups (broad SMARTS) is 2. The molecule has 0 unspecified atom stereocenters. The molecule has 3 aromatic rings. The Kier molecular flexibility index (Phi) is 7.59. The fourth-order valence-corrected chi connectivity index (χ4v) is 3.38. The average Bonchev–Trinajstić information content (AvgIpc) is 2.79. The lowest BCUT2D eigenvalue weighted by atomic mass is 10.1. The lowest BCUT2D eigenvalue weighted by Gasteiger charge is -2.29. The molecule has 7 N–H and O–H groups in total. The van der Waals surface area contributed by atoms with E-state index in [0.717, 1.165) is 5.69 Å². The topological polar surface area (TPSA) is 211 Å². The molecule has 0 spiro atoms. The molecular weight excluding hydrogens is 456 g/mol. The number of nitrogen functional groups attached to an aromatic ring is 2. The summed E-state index contributed by atoms with van der Waals surface area (Å²) in [7, 11) is 0. The van der Waals surface area contributed by atoms with Crippen LogP contribution < -0.4 is 21.7 Å². The Bertz CT molecular complexity index is 1250. The van der Waals surface area contributed by atoms with Crippen molar-refractivity contribution in [1.29, 1.82) is 0 Å². The molecule has 0 bridgehead atoms. The van der Waals surface area contributed by atoms with E-state index in [4.69, 9.17) is 16.6 Å². The highest BCUT2D eigenvalue weighted by Gasteiger charge is 2.22. The molecule has 1 atom stereocenters. The van der Waals surface area contributed by atoms with Crippen molar-refractivity contribution in [3.63, 3.8) is 0 Å². The van der Waals surface area contributed by atoms with Gasteiger partial charge in [-0.15, -0.1) is 0 Å². The number of hydrogen-bond acceptors (Lipinski definition) is 10. The van der Waals surface area contributed by atoms with E-state index in [1.165, 1.54) is 0 Å². The normalized spacial score (nSPS) is 11.9. The molecule has 13 nitrogen and oxygen atoms in total. The number of amides is 1. The number of aliphatic carboxylic acids is 2. The smallest absolute Gasteiger partial charge is 0.326 e. The Balaban J connectivity index is 1.76. The molecule has 1 amide bonds. The van der Waals surface area contributed by atoms with Crippen LogP contribution in [0.25, 0.3) is 11.2 Å². The minimum atomic E-state index is -1.30. The van der Waals surface area contributed by atoms with Crippen LogP contribution >= 0.6 is 0 Å². The van der Waals surface area contributed by atoms with Gasteiger partial charge < -0.3 is 31.9 Å². The van der Waals surface area contributed by atoms with E-state index >= 15 is 0 Å². The second-order valence-electron chi connectivity index (χ2n) is 8.07. The number of benzene rings is 1. The number of fused-ring (bicyclic) bond motifs is 1. The van der Waals surface area contributed by atoms with Gasteiger partial charge >= 0.3 is 11.9 Å². The molecule has 0 saturated carbocycles. The van der Waals surface area contributed by atoms with Gasteiger partial charge in [0.25, 0.3) is 5.91 Å². The van der Waals surface area contributed by atoms with E-state index in [2.05, 4.69) is 25.3 Å². The number of carbonyl (C=O) groups is 3. The van der Waals surface area contributed by atoms with Gasteiger partial charge in [-0.25, -0.2) is 14.8 Å². The summed E-state index contributed by atoms with van der Waals surface area (Å²) in [5, 5.41) is 20.4. The monoisotopic (exact) mass is 482 g/mol. The third kappa shape index (κ3) is 6.28. The first-order chi connectivity index (χ1) is 16.5. The number of anilines is 3. The van der Waals surface area contributed by atoms with E-state index in [9.17, 15) is 19.5 Å². The fourth-order valence-electron chi connectivity index (χ4n) is 3.38. The van der Waals surface area contributed by atoms with Crippen LogP contribution in [0.4, 0.5) is 17.5 Å². The van der Waals surface area contributed by atoms with Crippen molar-refractivity contribution in [2.24, 2.45) is 0 Å². The molecule has 0 saturated heterocycles. The summed E-state index contributed by atoms with van der Waals surface area (Å²) in [5.74, 6) is -2.90. The van der Waals surface area contributed by atoms with E-state index < -0.39 is 23.9 Å². The van der Waals surface area contributed by atoms with Crippen LogP contribution in [0.3, 0.4) is 0 Å². The van der Waals surface area contributed by atoms with E-state index in [-0.39, 0.29) is 36.2 Å². The molecule has 3 rings (SSSR count). The second kappa shape index (κ2) is 10.6. The summed E-state index contributed by atoms with van der Waals surface area (Å²) >= 11 is 0. The Labute approximate surface area is 200 Å². The van der Waals surface area contributed by atoms with Gasteiger partial charge in [0.05, 0.1) is 18.4 Å². The summed E-state index contributed by atoms with van der Waals surface area (Å²) in [4.78, 5) is 53.3. The van der Waals surface area contributed by atoms with Crippen molar-refractivity contribution < 1.29 is 24.6 Å². The maximum absolute atomic E-state index is 12.5. The molecule has 2 aromatic heterocycles. The first kappa shape index (κ1) is 25.1. The Hall–Kier alpha value is -4.55. The van der Waals surface area contributed by atoms with Crippen molar-refractivity contribution >= 4 is 46.5 Å². The molecule has 0 radical (unpaired) electrons. The average molecular weight is 483 g/mol. The van der Waals surface area contributed by atoms with Crippen LogP contribution in [-0.4, -0.2) is 60.1 Å². The summed E-state index contributed by atoms with van der Waals surface area (Å²) in [6.45, 7) is 4.37. The van der Waals surface area contributed by atoms with Gasteiger partial charge in [0.1, 0.15) is 6.04 Å². The molecule has 2 heterocycles. The lowest BCUT2D eigenvalue weighted by Crippen LogP contribution is -2.41. The molecule has 1 aromatic carbocycles. The number of nitrogens with zero attached hydrogens (tertiary/aromatic N) is 5. The van der Waals surface area contributed by atoms with Crippen LogP contribution in [0.1, 0.15) is 42.7 Å². The number of nitrogens with two attached hydrogens (primary N) is 2. The van der Waals surface area contributed by atoms with Crippen LogP contribution in [0.5, 0.6) is 0 Å². The predicted molar refractivity (Wildman–Crippen MR) is 127 cm³/mol. The number of carbonyl (C=O) groups excluding carboxylic acids is 1. The molecule has 0 aliphatic rings. The maximum atomic E-state index is 12.5. The minimum Gasteiger partial charge on any atom is -0.481 e. The number of aromatic nitrogens is 4. The Morgan fingerprint density at radius 1 is 1.06 bits per heavy atom. The highest BCUT2D eigenvalue weighted by molar-refractivity contribution is 5.97. The first-order valence-electron chi connectivity index (χ1n) is 10.7. The van der Waals surface area contributed by atoms with Gasteiger partial charge in [0, 0.05) is 23.7 Å². The highest BCUT2D eigenvalue weighted by Crippen LogP contribution is 2.22. The summed E-state index contributed by atoms with van der Waals surface area (Å²) in [6.07, 6.45) is 0.988. The van der Waals surface area contributed by atoms with Crippen LogP contribution in [-0.2, 0) is 16.1 Å². The van der Waals surface area contributed by atoms with Crippen molar-refractivity contribution in [1.82, 2.24) is 25.3 Å². The van der Waals surface area contributed by atoms with Gasteiger partial charge in [-0.1, -0.05) is 0 Å². The maximum Gasteiger partial charge on any atom is 0.326 e. The summed E-state index contributed by atoms with van der Waals surface area (Å²) < 4.78 is 0. The second-order valence-corrected chi connectivity index (χ2v) is 8.07. The van der Waals surface area contributed by atoms with Crippen LogP contribution in [0, 0.1) is 0 Å². The van der Waals surface area contributed by atoms with Gasteiger partial charge in [-0.05, 0) is 44.5 Å². The Morgan fingerprint density at radius 3 is 2.34 bits per heavy atom. The standard InChI is InChI=1S/C22H26N8O5/c1-11(2)30(10-13-9-25-19-17(26-13)18(23)28-22(24)29-19)14-5-3-12(4-6-14)20(33)27-15(21(34)35)7-8-16(31)32/h3-6,9,11,15H,7-8,10H2,1-2H3,(H,27,33)(H,31,32)(H,34,35)(H4,23,24,25,28,29)/t15-/m0/s1. The van der Waals surface area contributed by atoms with Crippen molar-refractivity contribution in [2.75, 3.05) is 16.4 Å². The van der Waals surface area contributed by atoms with Crippen molar-refractivity contribution in [3.05, 3.63) is 41.7 Å². The molecule has 13 heteroatoms. The molecule has 0 aliphatic heterocycles. The third-order valence-electron chi connectivity index (χ3n) is 5.17. The Morgan fingerprint density at radius 2 is 1.74 bits per heavy atom. The third-order valence-corrected chi connectivity index (χ3v) is 5.17. The van der Waals surface area contributed by atoms with Crippen LogP contribution in [0.2, 0.25) is 0 Å². The molecular formula is C22H26N8O5. The zero-order chi connectivity index (χ0) is 25.7. The minimum absolute atomic E-state index is 0.0153. The quantitative estimate of drug-likeness (QED) is 0.274. The van der Waals surface area contributed by atoms with Gasteiger partial charge in [0.15, 0.2) is 17.0 Å². The van der Waals surface area contributed by atoms with E-state index in [1.54, 1.807) is 30.5 Å². The number of nitrogens with one attached hydrogen (secondary N) is 1. The summed E-state index contributed by atoms with van der Waals surface area (Å²) in [6, 6.07) is 5.35. The predicted octanol–water partition coefficient (Wildman–Crippen LogP) is 1.05. The zero-order valence-electron chi connectivity index (χ0n) is 19.2. The zero-order valence-corrected chi connectivity index (χ0v) is 19.2. The van der Waals surface area contributed by atoms with Crippen molar-refractivity contribution in [2.45, 2.75) is 45.3 Å². The SMILES string of the molecule is CC(C)N(Cc1cnc2nc(N)nc(N)c2n1)c1ccc(C(=O)N[C@@H](CCC(=O)O)C(=O)O)cc1. The largest absolute Gasteiger partial charge is 0.481 e. The van der Waals surface area contributed by atoms with Gasteiger partial charge in [-0.2, -0.15) is 9.97 Å². The summed E-state index contributed by atoms with van der Waals surface area (Å²) in [5.41, 5.74) is 13.8. The van der Waals surface area contributed by atoms with E-state index in [0.29, 0.717) is 23.4 Å². The first-order valence-corrected chi connectivity index (χ1v) is 10.7. The van der Waals surface area contributed by atoms with Gasteiger partial charge in [0.2, 0.25) is 5.95 Å². The fraction of sp³-hybridized carbons (Fsp3) is 0.318. The highest BCUT2D eigenvalue weighted by atomic mass is 16.4. The van der Waals surface area contributed by atoms with Gasteiger partial charge in [-0.3, -0.25) is 9.59 Å². The van der Waals surface area contributed by atoms with Crippen LogP contribution in [0.15, 0.2) is 30.5 Å². The lowest BCUT2D eigenvalue weighted by molar-refractivity contribution is -0.140. The molecule has 0 fully saturated rings. The molecule has 184 valence electrons. The number of rotatable bonds is 10. The number of carboxylic acids is 2. The molecule has 35 heavy (non-hydrogen) atoms. The van der Waals surface area contributed by atoms with E-state index in [1.807, 2.05) is 18.7 Å². The van der Waals surface area contributed by atoms with Crippen molar-refractivity contribution in [3.8, 4) is 0 Å². The molecule has 0 aliphatic carbocycles.